The smallest absolute Gasteiger partial charge is 0.326 e. The fraction of sp³-hybridized carbons (Fsp3) is 0.467. The Hall–Kier alpha value is -2.08. The SMILES string of the molecule is O=C(O)C1Cc2ccccc2CN1C(=O)NC1CCOC1. The van der Waals surface area contributed by atoms with Gasteiger partial charge in [0.05, 0.1) is 12.6 Å². The summed E-state index contributed by atoms with van der Waals surface area (Å²) in [6, 6.07) is 6.49. The Labute approximate surface area is 122 Å². The number of urea groups is 1. The molecule has 1 fully saturated rings. The molecule has 3 rings (SSSR count). The van der Waals surface area contributed by atoms with Crippen molar-refractivity contribution in [1.29, 1.82) is 0 Å². The van der Waals surface area contributed by atoms with E-state index in [1.165, 1.54) is 4.90 Å². The first-order chi connectivity index (χ1) is 10.1. The van der Waals surface area contributed by atoms with Gasteiger partial charge in [0.2, 0.25) is 0 Å². The van der Waals surface area contributed by atoms with E-state index >= 15 is 0 Å². The zero-order chi connectivity index (χ0) is 14.8. The Bertz CT molecular complexity index is 554. The van der Waals surface area contributed by atoms with E-state index in [1.807, 2.05) is 24.3 Å². The summed E-state index contributed by atoms with van der Waals surface area (Å²) in [6.45, 7) is 1.45. The van der Waals surface area contributed by atoms with Gasteiger partial charge in [-0.25, -0.2) is 9.59 Å². The van der Waals surface area contributed by atoms with Crippen molar-refractivity contribution in [2.24, 2.45) is 0 Å². The number of fused-ring (bicyclic) bond motifs is 1. The van der Waals surface area contributed by atoms with E-state index in [9.17, 15) is 14.7 Å². The number of amides is 2. The van der Waals surface area contributed by atoms with Crippen molar-refractivity contribution in [2.75, 3.05) is 13.2 Å². The standard InChI is InChI=1S/C15H18N2O4/c18-14(19)13-7-10-3-1-2-4-11(10)8-17(13)15(20)16-12-5-6-21-9-12/h1-4,12-13H,5-9H2,(H,16,20)(H,18,19). The zero-order valence-electron chi connectivity index (χ0n) is 11.6. The average Bonchev–Trinajstić information content (AvgIpc) is 2.98. The second kappa shape index (κ2) is 5.73. The summed E-state index contributed by atoms with van der Waals surface area (Å²) in [7, 11) is 0. The van der Waals surface area contributed by atoms with E-state index in [0.29, 0.717) is 26.2 Å². The Morgan fingerprint density at radius 1 is 1.29 bits per heavy atom. The van der Waals surface area contributed by atoms with Crippen LogP contribution in [0.5, 0.6) is 0 Å². The summed E-state index contributed by atoms with van der Waals surface area (Å²) < 4.78 is 5.23. The topological polar surface area (TPSA) is 78.9 Å². The minimum absolute atomic E-state index is 0.0240. The van der Waals surface area contributed by atoms with Gasteiger partial charge in [-0.2, -0.15) is 0 Å². The fourth-order valence-electron chi connectivity index (χ4n) is 2.86. The Kier molecular flexibility index (Phi) is 3.79. The lowest BCUT2D eigenvalue weighted by molar-refractivity contribution is -0.142. The summed E-state index contributed by atoms with van der Waals surface area (Å²) in [5.41, 5.74) is 2.01. The third-order valence-electron chi connectivity index (χ3n) is 4.05. The van der Waals surface area contributed by atoms with Crippen LogP contribution < -0.4 is 5.32 Å². The molecule has 0 radical (unpaired) electrons. The molecule has 2 unspecified atom stereocenters. The molecule has 1 saturated heterocycles. The fourth-order valence-corrected chi connectivity index (χ4v) is 2.86. The summed E-state index contributed by atoms with van der Waals surface area (Å²) >= 11 is 0. The largest absolute Gasteiger partial charge is 0.480 e. The molecular formula is C15H18N2O4. The molecule has 1 aromatic carbocycles. The zero-order valence-corrected chi connectivity index (χ0v) is 11.6. The van der Waals surface area contributed by atoms with Crippen LogP contribution >= 0.6 is 0 Å². The summed E-state index contributed by atoms with van der Waals surface area (Å²) in [5, 5.41) is 12.3. The van der Waals surface area contributed by atoms with E-state index < -0.39 is 12.0 Å². The van der Waals surface area contributed by atoms with Crippen LogP contribution in [0.2, 0.25) is 0 Å². The molecule has 1 aromatic rings. The van der Waals surface area contributed by atoms with E-state index in [2.05, 4.69) is 5.32 Å². The first kappa shape index (κ1) is 13.9. The molecule has 0 saturated carbocycles. The van der Waals surface area contributed by atoms with Gasteiger partial charge in [-0.05, 0) is 17.5 Å². The summed E-state index contributed by atoms with van der Waals surface area (Å²) in [6.07, 6.45) is 1.12. The normalized spacial score (nSPS) is 24.5. The highest BCUT2D eigenvalue weighted by atomic mass is 16.5. The van der Waals surface area contributed by atoms with Crippen LogP contribution in [0.3, 0.4) is 0 Å². The van der Waals surface area contributed by atoms with Crippen molar-refractivity contribution < 1.29 is 19.4 Å². The number of nitrogens with zero attached hydrogens (tertiary/aromatic N) is 1. The second-order valence-electron chi connectivity index (χ2n) is 5.46. The highest BCUT2D eigenvalue weighted by molar-refractivity contribution is 5.83. The van der Waals surface area contributed by atoms with Crippen molar-refractivity contribution in [3.8, 4) is 0 Å². The highest BCUT2D eigenvalue weighted by Crippen LogP contribution is 2.23. The maximum absolute atomic E-state index is 12.4. The lowest BCUT2D eigenvalue weighted by Crippen LogP contribution is -2.54. The number of hydrogen-bond acceptors (Lipinski definition) is 3. The number of nitrogens with one attached hydrogen (secondary N) is 1. The highest BCUT2D eigenvalue weighted by Gasteiger charge is 2.35. The van der Waals surface area contributed by atoms with Crippen molar-refractivity contribution >= 4 is 12.0 Å². The number of carbonyl (C=O) groups is 2. The average molecular weight is 290 g/mol. The van der Waals surface area contributed by atoms with Crippen LogP contribution in [-0.2, 0) is 22.5 Å². The quantitative estimate of drug-likeness (QED) is 0.851. The van der Waals surface area contributed by atoms with Crippen LogP contribution in [0.15, 0.2) is 24.3 Å². The number of carboxylic acid groups (broad SMARTS) is 1. The van der Waals surface area contributed by atoms with Gasteiger partial charge in [0, 0.05) is 19.6 Å². The van der Waals surface area contributed by atoms with Crippen LogP contribution in [0.1, 0.15) is 17.5 Å². The first-order valence-corrected chi connectivity index (χ1v) is 7.09. The predicted octanol–water partition coefficient (Wildman–Crippen LogP) is 0.996. The Morgan fingerprint density at radius 2 is 2.05 bits per heavy atom. The Balaban J connectivity index is 1.78. The minimum atomic E-state index is -0.970. The van der Waals surface area contributed by atoms with Crippen molar-refractivity contribution in [3.05, 3.63) is 35.4 Å². The van der Waals surface area contributed by atoms with Crippen LogP contribution in [0.25, 0.3) is 0 Å². The van der Waals surface area contributed by atoms with Crippen molar-refractivity contribution in [1.82, 2.24) is 10.2 Å². The number of carbonyl (C=O) groups excluding carboxylic acids is 1. The van der Waals surface area contributed by atoms with Gasteiger partial charge in [-0.15, -0.1) is 0 Å². The van der Waals surface area contributed by atoms with E-state index in [-0.39, 0.29) is 12.1 Å². The third kappa shape index (κ3) is 2.85. The van der Waals surface area contributed by atoms with Gasteiger partial charge in [-0.3, -0.25) is 0 Å². The van der Waals surface area contributed by atoms with Gasteiger partial charge in [0.15, 0.2) is 0 Å². The Morgan fingerprint density at radius 3 is 2.71 bits per heavy atom. The number of benzene rings is 1. The van der Waals surface area contributed by atoms with Crippen LogP contribution in [0.4, 0.5) is 4.79 Å². The second-order valence-corrected chi connectivity index (χ2v) is 5.46. The maximum atomic E-state index is 12.4. The molecule has 2 atom stereocenters. The van der Waals surface area contributed by atoms with Crippen LogP contribution in [0, 0.1) is 0 Å². The third-order valence-corrected chi connectivity index (χ3v) is 4.05. The molecule has 2 amide bonds. The van der Waals surface area contributed by atoms with Gasteiger partial charge in [0.25, 0.3) is 0 Å². The van der Waals surface area contributed by atoms with E-state index in [0.717, 1.165) is 17.5 Å². The lowest BCUT2D eigenvalue weighted by Gasteiger charge is -2.35. The molecule has 0 aliphatic carbocycles. The number of carboxylic acids is 1. The molecule has 0 aromatic heterocycles. The summed E-state index contributed by atoms with van der Waals surface area (Å²) in [5.74, 6) is -0.970. The molecule has 2 N–H and O–H groups in total. The molecule has 2 heterocycles. The molecule has 0 bridgehead atoms. The van der Waals surface area contributed by atoms with Crippen LogP contribution in [-0.4, -0.2) is 47.3 Å². The number of aliphatic carboxylic acids is 1. The molecule has 2 aliphatic rings. The molecule has 112 valence electrons. The van der Waals surface area contributed by atoms with Gasteiger partial charge >= 0.3 is 12.0 Å². The minimum Gasteiger partial charge on any atom is -0.480 e. The summed E-state index contributed by atoms with van der Waals surface area (Å²) in [4.78, 5) is 25.3. The number of rotatable bonds is 2. The maximum Gasteiger partial charge on any atom is 0.326 e. The molecule has 21 heavy (non-hydrogen) atoms. The van der Waals surface area contributed by atoms with Gasteiger partial charge in [0.1, 0.15) is 6.04 Å². The van der Waals surface area contributed by atoms with Gasteiger partial charge < -0.3 is 20.1 Å². The number of hydrogen-bond donors (Lipinski definition) is 2. The van der Waals surface area contributed by atoms with Gasteiger partial charge in [-0.1, -0.05) is 24.3 Å². The predicted molar refractivity (Wildman–Crippen MR) is 74.9 cm³/mol. The van der Waals surface area contributed by atoms with Crippen molar-refractivity contribution in [3.63, 3.8) is 0 Å². The molecule has 2 aliphatic heterocycles. The molecule has 6 heteroatoms. The monoisotopic (exact) mass is 290 g/mol. The molecule has 6 nitrogen and oxygen atoms in total. The first-order valence-electron chi connectivity index (χ1n) is 7.09. The lowest BCUT2D eigenvalue weighted by atomic mass is 9.94. The van der Waals surface area contributed by atoms with Crippen molar-refractivity contribution in [2.45, 2.75) is 31.5 Å². The van der Waals surface area contributed by atoms with E-state index in [1.54, 1.807) is 0 Å². The van der Waals surface area contributed by atoms with E-state index in [4.69, 9.17) is 4.74 Å². The molecular weight excluding hydrogens is 272 g/mol. The molecule has 0 spiro atoms. The number of ether oxygens (including phenoxy) is 1.